The number of nitriles is 1. The van der Waals surface area contributed by atoms with Crippen molar-refractivity contribution in [2.45, 2.75) is 17.9 Å². The van der Waals surface area contributed by atoms with Gasteiger partial charge >= 0.3 is 5.97 Å². The molecule has 3 aromatic carbocycles. The van der Waals surface area contributed by atoms with Crippen molar-refractivity contribution >= 4 is 27.6 Å². The Balaban J connectivity index is 1.83. The van der Waals surface area contributed by atoms with Crippen LogP contribution < -0.4 is 4.31 Å². The third-order valence-electron chi connectivity index (χ3n) is 5.18. The predicted octanol–water partition coefficient (Wildman–Crippen LogP) is 3.61. The number of carbonyl (C=O) groups is 2. The number of nitrogens with zero attached hydrogens (tertiary/aromatic N) is 3. The predicted molar refractivity (Wildman–Crippen MR) is 131 cm³/mol. The molecule has 0 fully saturated rings. The summed E-state index contributed by atoms with van der Waals surface area (Å²) < 4.78 is 33.7. The van der Waals surface area contributed by atoms with E-state index in [1.807, 2.05) is 36.4 Å². The van der Waals surface area contributed by atoms with E-state index in [9.17, 15) is 18.0 Å². The van der Waals surface area contributed by atoms with E-state index in [4.69, 9.17) is 10.00 Å². The van der Waals surface area contributed by atoms with Gasteiger partial charge in [-0.05, 0) is 35.9 Å². The lowest BCUT2D eigenvalue weighted by Crippen LogP contribution is -2.32. The number of likely N-dealkylation sites (N-methyl/N-ethyl adjacent to an activating group) is 1. The number of hydrogen-bond donors (Lipinski definition) is 0. The molecule has 0 radical (unpaired) electrons. The summed E-state index contributed by atoms with van der Waals surface area (Å²) in [5.74, 6) is -1.28. The van der Waals surface area contributed by atoms with Gasteiger partial charge < -0.3 is 9.64 Å². The first kappa shape index (κ1) is 25.5. The fraction of sp³-hybridized carbons (Fsp3) is 0.192. The second-order valence-electron chi connectivity index (χ2n) is 7.66. The monoisotopic (exact) mass is 491 g/mol. The van der Waals surface area contributed by atoms with Crippen molar-refractivity contribution < 1.29 is 22.7 Å². The number of esters is 1. The third-order valence-corrected chi connectivity index (χ3v) is 6.95. The van der Waals surface area contributed by atoms with Crippen molar-refractivity contribution in [2.75, 3.05) is 24.5 Å². The van der Waals surface area contributed by atoms with Gasteiger partial charge in [-0.2, -0.15) is 5.26 Å². The molecule has 1 amide bonds. The molecule has 0 unspecified atom stereocenters. The minimum atomic E-state index is -4.04. The van der Waals surface area contributed by atoms with E-state index in [1.165, 1.54) is 40.5 Å². The highest BCUT2D eigenvalue weighted by molar-refractivity contribution is 7.92. The molecular weight excluding hydrogens is 466 g/mol. The van der Waals surface area contributed by atoms with Gasteiger partial charge in [-0.3, -0.25) is 9.10 Å². The maximum absolute atomic E-state index is 13.7. The summed E-state index contributed by atoms with van der Waals surface area (Å²) in [6.07, 6.45) is 0.164. The summed E-state index contributed by atoms with van der Waals surface area (Å²) in [5.41, 5.74) is 1.29. The zero-order chi connectivity index (χ0) is 25.3. The topological polar surface area (TPSA) is 108 Å². The number of anilines is 1. The Hall–Kier alpha value is -4.16. The molecule has 0 spiro atoms. The number of benzene rings is 3. The van der Waals surface area contributed by atoms with Gasteiger partial charge in [0.15, 0.2) is 6.61 Å². The fourth-order valence-electron chi connectivity index (χ4n) is 3.23. The molecule has 0 N–H and O–H groups in total. The summed E-state index contributed by atoms with van der Waals surface area (Å²) in [5, 5.41) is 8.62. The highest BCUT2D eigenvalue weighted by atomic mass is 32.2. The number of hydrogen-bond acceptors (Lipinski definition) is 6. The summed E-state index contributed by atoms with van der Waals surface area (Å²) >= 11 is 0. The molecular formula is C26H25N3O5S. The van der Waals surface area contributed by atoms with Crippen LogP contribution in [0.1, 0.15) is 22.3 Å². The van der Waals surface area contributed by atoms with Crippen LogP contribution in [0.15, 0.2) is 89.8 Å². The minimum Gasteiger partial charge on any atom is -0.452 e. The smallest absolute Gasteiger partial charge is 0.338 e. The van der Waals surface area contributed by atoms with Gasteiger partial charge in [-0.15, -0.1) is 0 Å². The molecule has 9 heteroatoms. The van der Waals surface area contributed by atoms with Crippen LogP contribution in [-0.4, -0.2) is 45.4 Å². The number of ether oxygens (including phenoxy) is 1. The normalized spacial score (nSPS) is 10.7. The molecule has 0 heterocycles. The quantitative estimate of drug-likeness (QED) is 0.401. The SMILES string of the molecule is CN(CCC#N)C(=O)COC(=O)c1cccc(S(=O)(=O)N(Cc2ccccc2)c2ccccc2)c1. The Kier molecular flexibility index (Phi) is 8.59. The van der Waals surface area contributed by atoms with Gasteiger partial charge in [0.2, 0.25) is 0 Å². The molecule has 0 atom stereocenters. The number of para-hydroxylation sites is 1. The van der Waals surface area contributed by atoms with Crippen molar-refractivity contribution in [1.29, 1.82) is 5.26 Å². The van der Waals surface area contributed by atoms with Crippen molar-refractivity contribution in [3.8, 4) is 6.07 Å². The first-order valence-electron chi connectivity index (χ1n) is 10.8. The van der Waals surface area contributed by atoms with Gasteiger partial charge in [0, 0.05) is 13.6 Å². The lowest BCUT2D eigenvalue weighted by molar-refractivity contribution is -0.133. The van der Waals surface area contributed by atoms with Crippen LogP contribution in [0, 0.1) is 11.3 Å². The Morgan fingerprint density at radius 2 is 1.60 bits per heavy atom. The highest BCUT2D eigenvalue weighted by Crippen LogP contribution is 2.26. The molecule has 0 bridgehead atoms. The Bertz CT molecular complexity index is 1310. The minimum absolute atomic E-state index is 0.00581. The second-order valence-corrected chi connectivity index (χ2v) is 9.52. The third kappa shape index (κ3) is 6.68. The van der Waals surface area contributed by atoms with Crippen LogP contribution in [-0.2, 0) is 26.1 Å². The average molecular weight is 492 g/mol. The zero-order valence-electron chi connectivity index (χ0n) is 19.2. The Morgan fingerprint density at radius 3 is 2.26 bits per heavy atom. The number of amides is 1. The summed E-state index contributed by atoms with van der Waals surface area (Å²) in [7, 11) is -2.54. The molecule has 8 nitrogen and oxygen atoms in total. The van der Waals surface area contributed by atoms with E-state index < -0.39 is 28.5 Å². The maximum Gasteiger partial charge on any atom is 0.338 e. The van der Waals surface area contributed by atoms with Gasteiger partial charge in [-0.1, -0.05) is 54.6 Å². The van der Waals surface area contributed by atoms with Crippen molar-refractivity contribution in [2.24, 2.45) is 0 Å². The van der Waals surface area contributed by atoms with Crippen LogP contribution in [0.25, 0.3) is 0 Å². The molecule has 0 aliphatic carbocycles. The molecule has 3 aromatic rings. The second kappa shape index (κ2) is 11.8. The molecule has 0 saturated heterocycles. The van der Waals surface area contributed by atoms with E-state index in [0.29, 0.717) is 5.69 Å². The number of carbonyl (C=O) groups excluding carboxylic acids is 2. The van der Waals surface area contributed by atoms with Crippen molar-refractivity contribution in [1.82, 2.24) is 4.90 Å². The fourth-order valence-corrected chi connectivity index (χ4v) is 4.73. The zero-order valence-corrected chi connectivity index (χ0v) is 20.0. The van der Waals surface area contributed by atoms with E-state index in [1.54, 1.807) is 30.3 Å². The van der Waals surface area contributed by atoms with Crippen molar-refractivity contribution in [3.63, 3.8) is 0 Å². The van der Waals surface area contributed by atoms with Crippen LogP contribution in [0.4, 0.5) is 5.69 Å². The standard InChI is InChI=1S/C26H25N3O5S/c1-28(17-9-16-27)25(30)20-34-26(31)22-12-8-15-24(18-22)35(32,33)29(23-13-6-3-7-14-23)19-21-10-4-2-5-11-21/h2-8,10-15,18H,9,17,19-20H2,1H3. The summed E-state index contributed by atoms with van der Waals surface area (Å²) in [4.78, 5) is 25.8. The first-order chi connectivity index (χ1) is 16.8. The van der Waals surface area contributed by atoms with E-state index >= 15 is 0 Å². The molecule has 180 valence electrons. The Morgan fingerprint density at radius 1 is 0.943 bits per heavy atom. The largest absolute Gasteiger partial charge is 0.452 e. The molecule has 35 heavy (non-hydrogen) atoms. The van der Waals surface area contributed by atoms with Crippen LogP contribution >= 0.6 is 0 Å². The molecule has 3 rings (SSSR count). The number of rotatable bonds is 10. The van der Waals surface area contributed by atoms with E-state index in [2.05, 4.69) is 0 Å². The lowest BCUT2D eigenvalue weighted by Gasteiger charge is -2.25. The van der Waals surface area contributed by atoms with E-state index in [-0.39, 0.29) is 30.0 Å². The average Bonchev–Trinajstić information content (AvgIpc) is 2.89. The van der Waals surface area contributed by atoms with Gasteiger partial charge in [0.1, 0.15) is 0 Å². The summed E-state index contributed by atoms with van der Waals surface area (Å²) in [6.45, 7) is -0.190. The molecule has 0 aliphatic rings. The van der Waals surface area contributed by atoms with Crippen molar-refractivity contribution in [3.05, 3.63) is 96.1 Å². The molecule has 0 aromatic heterocycles. The highest BCUT2D eigenvalue weighted by Gasteiger charge is 2.26. The molecule has 0 aliphatic heterocycles. The van der Waals surface area contributed by atoms with Crippen LogP contribution in [0.2, 0.25) is 0 Å². The maximum atomic E-state index is 13.7. The van der Waals surface area contributed by atoms with Crippen LogP contribution in [0.5, 0.6) is 0 Å². The van der Waals surface area contributed by atoms with Gasteiger partial charge in [-0.25, -0.2) is 13.2 Å². The van der Waals surface area contributed by atoms with Gasteiger partial charge in [0.05, 0.1) is 35.2 Å². The lowest BCUT2D eigenvalue weighted by atomic mass is 10.2. The first-order valence-corrected chi connectivity index (χ1v) is 12.3. The molecule has 0 saturated carbocycles. The summed E-state index contributed by atoms with van der Waals surface area (Å²) in [6, 6.07) is 25.4. The number of sulfonamides is 1. The van der Waals surface area contributed by atoms with Gasteiger partial charge in [0.25, 0.3) is 15.9 Å². The van der Waals surface area contributed by atoms with Crippen LogP contribution in [0.3, 0.4) is 0 Å². The van der Waals surface area contributed by atoms with E-state index in [0.717, 1.165) is 5.56 Å². The Labute approximate surface area is 205 Å².